The van der Waals surface area contributed by atoms with Gasteiger partial charge < -0.3 is 9.88 Å². The van der Waals surface area contributed by atoms with Gasteiger partial charge in [0.2, 0.25) is 0 Å². The van der Waals surface area contributed by atoms with Crippen LogP contribution in [0.2, 0.25) is 0 Å². The highest BCUT2D eigenvalue weighted by Crippen LogP contribution is 2.17. The number of carbonyl (C=O) groups is 1. The summed E-state index contributed by atoms with van der Waals surface area (Å²) in [6, 6.07) is 7.62. The quantitative estimate of drug-likeness (QED) is 0.617. The molecule has 3 rings (SSSR count). The molecule has 0 bridgehead atoms. The van der Waals surface area contributed by atoms with Gasteiger partial charge >= 0.3 is 0 Å². The second-order valence-electron chi connectivity index (χ2n) is 5.29. The first-order valence-electron chi connectivity index (χ1n) is 7.61. The maximum atomic E-state index is 12.4. The molecule has 0 aliphatic rings. The highest BCUT2D eigenvalue weighted by molar-refractivity contribution is 9.10. The minimum Gasteiger partial charge on any atom is -0.343 e. The first kappa shape index (κ1) is 17.5. The van der Waals surface area contributed by atoms with E-state index in [1.165, 1.54) is 0 Å². The van der Waals surface area contributed by atoms with E-state index < -0.39 is 0 Å². The lowest BCUT2D eigenvalue weighted by atomic mass is 10.3. The van der Waals surface area contributed by atoms with Gasteiger partial charge in [-0.05, 0) is 44.3 Å². The number of aromatic amines is 1. The van der Waals surface area contributed by atoms with Crippen LogP contribution in [-0.4, -0.2) is 35.7 Å². The predicted octanol–water partition coefficient (Wildman–Crippen LogP) is 2.54. The minimum absolute atomic E-state index is 0.253. The molecule has 1 aromatic carbocycles. The zero-order valence-corrected chi connectivity index (χ0v) is 16.1. The van der Waals surface area contributed by atoms with Crippen molar-refractivity contribution in [1.29, 1.82) is 0 Å². The molecule has 0 aliphatic heterocycles. The van der Waals surface area contributed by atoms with Crippen molar-refractivity contribution in [1.82, 2.24) is 35.1 Å². The number of nitrogens with zero attached hydrogens (tertiary/aromatic N) is 5. The van der Waals surface area contributed by atoms with Gasteiger partial charge in [-0.3, -0.25) is 9.89 Å². The third-order valence-corrected chi connectivity index (χ3v) is 4.53. The summed E-state index contributed by atoms with van der Waals surface area (Å²) in [7, 11) is 0. The van der Waals surface area contributed by atoms with Gasteiger partial charge in [0.1, 0.15) is 0 Å². The molecule has 0 radical (unpaired) electrons. The Bertz CT molecular complexity index is 974. The topological polar surface area (TPSA) is 93.4 Å². The lowest BCUT2D eigenvalue weighted by Crippen LogP contribution is -2.26. The maximum absolute atomic E-state index is 12.4. The van der Waals surface area contributed by atoms with E-state index in [2.05, 4.69) is 41.8 Å². The number of aromatic nitrogens is 6. The SMILES string of the molecule is CCn1c(CNC(=O)c2nnn(-c3cccc(Br)c3)c2C)n[nH]c1=S. The molecule has 0 atom stereocenters. The molecule has 130 valence electrons. The Morgan fingerprint density at radius 1 is 1.44 bits per heavy atom. The Morgan fingerprint density at radius 2 is 2.24 bits per heavy atom. The van der Waals surface area contributed by atoms with Gasteiger partial charge in [-0.15, -0.1) is 5.10 Å². The molecule has 2 N–H and O–H groups in total. The average Bonchev–Trinajstić information content (AvgIpc) is 3.15. The molecule has 1 amide bonds. The molecule has 2 aromatic heterocycles. The van der Waals surface area contributed by atoms with Crippen LogP contribution >= 0.6 is 28.1 Å². The maximum Gasteiger partial charge on any atom is 0.274 e. The van der Waals surface area contributed by atoms with Crippen LogP contribution in [-0.2, 0) is 13.1 Å². The third-order valence-electron chi connectivity index (χ3n) is 3.72. The van der Waals surface area contributed by atoms with E-state index in [1.54, 1.807) is 11.6 Å². The molecule has 25 heavy (non-hydrogen) atoms. The van der Waals surface area contributed by atoms with E-state index in [9.17, 15) is 4.79 Å². The molecule has 0 saturated heterocycles. The highest BCUT2D eigenvalue weighted by Gasteiger charge is 2.18. The highest BCUT2D eigenvalue weighted by atomic mass is 79.9. The van der Waals surface area contributed by atoms with Crippen molar-refractivity contribution in [3.8, 4) is 5.69 Å². The van der Waals surface area contributed by atoms with Crippen molar-refractivity contribution in [3.63, 3.8) is 0 Å². The second-order valence-corrected chi connectivity index (χ2v) is 6.59. The molecule has 2 heterocycles. The van der Waals surface area contributed by atoms with Crippen LogP contribution in [0.25, 0.3) is 5.69 Å². The van der Waals surface area contributed by atoms with Crippen LogP contribution in [0.3, 0.4) is 0 Å². The Hall–Kier alpha value is -2.33. The largest absolute Gasteiger partial charge is 0.343 e. The summed E-state index contributed by atoms with van der Waals surface area (Å²) in [5.74, 6) is 0.355. The second kappa shape index (κ2) is 7.28. The van der Waals surface area contributed by atoms with E-state index in [0.29, 0.717) is 22.8 Å². The smallest absolute Gasteiger partial charge is 0.274 e. The summed E-state index contributed by atoms with van der Waals surface area (Å²) in [4.78, 5) is 12.4. The summed E-state index contributed by atoms with van der Waals surface area (Å²) in [6.45, 7) is 4.70. The molecule has 0 fully saturated rings. The van der Waals surface area contributed by atoms with Crippen molar-refractivity contribution >= 4 is 34.1 Å². The Morgan fingerprint density at radius 3 is 2.96 bits per heavy atom. The van der Waals surface area contributed by atoms with Gasteiger partial charge in [-0.2, -0.15) is 5.10 Å². The normalized spacial score (nSPS) is 10.8. The predicted molar refractivity (Wildman–Crippen MR) is 98.1 cm³/mol. The number of amides is 1. The van der Waals surface area contributed by atoms with Gasteiger partial charge in [0.25, 0.3) is 5.91 Å². The van der Waals surface area contributed by atoms with Crippen LogP contribution in [0.15, 0.2) is 28.7 Å². The zero-order chi connectivity index (χ0) is 18.0. The standard InChI is InChI=1S/C15H16BrN7OS/c1-3-22-12(18-20-15(22)25)8-17-14(24)13-9(2)23(21-19-13)11-6-4-5-10(16)7-11/h4-7H,3,8H2,1-2H3,(H,17,24)(H,20,25). The van der Waals surface area contributed by atoms with Gasteiger partial charge in [0.15, 0.2) is 16.3 Å². The van der Waals surface area contributed by atoms with Crippen molar-refractivity contribution < 1.29 is 4.79 Å². The van der Waals surface area contributed by atoms with Crippen LogP contribution in [0.4, 0.5) is 0 Å². The number of rotatable bonds is 5. The summed E-state index contributed by atoms with van der Waals surface area (Å²) >= 11 is 8.56. The number of nitrogens with one attached hydrogen (secondary N) is 2. The molecular formula is C15H16BrN7OS. The van der Waals surface area contributed by atoms with Crippen molar-refractivity contribution in [2.45, 2.75) is 26.9 Å². The number of benzene rings is 1. The molecule has 0 spiro atoms. The van der Waals surface area contributed by atoms with Gasteiger partial charge in [-0.1, -0.05) is 27.2 Å². The Balaban J connectivity index is 1.78. The number of hydrogen-bond donors (Lipinski definition) is 2. The fourth-order valence-electron chi connectivity index (χ4n) is 2.45. The van der Waals surface area contributed by atoms with E-state index in [4.69, 9.17) is 12.2 Å². The molecule has 0 aliphatic carbocycles. The summed E-state index contributed by atoms with van der Waals surface area (Å²) in [6.07, 6.45) is 0. The fourth-order valence-corrected chi connectivity index (χ4v) is 3.11. The zero-order valence-electron chi connectivity index (χ0n) is 13.7. The molecule has 10 heteroatoms. The summed E-state index contributed by atoms with van der Waals surface area (Å²) < 4.78 is 4.90. The van der Waals surface area contributed by atoms with Crippen LogP contribution in [0.1, 0.15) is 28.9 Å². The molecular weight excluding hydrogens is 406 g/mol. The minimum atomic E-state index is -0.310. The first-order valence-corrected chi connectivity index (χ1v) is 8.82. The van der Waals surface area contributed by atoms with Crippen LogP contribution in [0, 0.1) is 11.7 Å². The monoisotopic (exact) mass is 421 g/mol. The Kier molecular flexibility index (Phi) is 5.09. The number of carbonyl (C=O) groups excluding carboxylic acids is 1. The van der Waals surface area contributed by atoms with Gasteiger partial charge in [0.05, 0.1) is 17.9 Å². The molecule has 0 unspecified atom stereocenters. The van der Waals surface area contributed by atoms with Crippen molar-refractivity contribution in [2.24, 2.45) is 0 Å². The molecule has 8 nitrogen and oxygen atoms in total. The van der Waals surface area contributed by atoms with Gasteiger partial charge in [0, 0.05) is 11.0 Å². The van der Waals surface area contributed by atoms with Crippen molar-refractivity contribution in [2.75, 3.05) is 0 Å². The number of halogens is 1. The van der Waals surface area contributed by atoms with E-state index in [1.807, 2.05) is 35.8 Å². The third kappa shape index (κ3) is 3.54. The summed E-state index contributed by atoms with van der Waals surface area (Å²) in [5.41, 5.74) is 1.76. The lowest BCUT2D eigenvalue weighted by Gasteiger charge is -2.06. The Labute approximate surface area is 157 Å². The molecule has 3 aromatic rings. The van der Waals surface area contributed by atoms with E-state index in [0.717, 1.165) is 10.2 Å². The van der Waals surface area contributed by atoms with Crippen molar-refractivity contribution in [3.05, 3.63) is 50.7 Å². The number of H-pyrrole nitrogens is 1. The average molecular weight is 422 g/mol. The van der Waals surface area contributed by atoms with E-state index in [-0.39, 0.29) is 18.1 Å². The van der Waals surface area contributed by atoms with E-state index >= 15 is 0 Å². The van der Waals surface area contributed by atoms with Crippen LogP contribution < -0.4 is 5.32 Å². The fraction of sp³-hybridized carbons (Fsp3) is 0.267. The first-order chi connectivity index (χ1) is 12.0. The van der Waals surface area contributed by atoms with Gasteiger partial charge in [-0.25, -0.2) is 4.68 Å². The summed E-state index contributed by atoms with van der Waals surface area (Å²) in [5, 5.41) is 17.7. The van der Waals surface area contributed by atoms with Crippen LogP contribution in [0.5, 0.6) is 0 Å². The molecule has 0 saturated carbocycles. The number of hydrogen-bond acceptors (Lipinski definition) is 5. The lowest BCUT2D eigenvalue weighted by molar-refractivity contribution is 0.0943.